The Morgan fingerprint density at radius 1 is 1.29 bits per heavy atom. The standard InChI is InChI=1S/C9H17N5O2S/c1-7-6-8(14-9(10-2)13-7)12-4-5-17(15,16)11-3/h6,11H,4-5H2,1-3H3,(H2,10,12,13,14). The van der Waals surface area contributed by atoms with Crippen LogP contribution in [0.2, 0.25) is 0 Å². The number of sulfonamides is 1. The minimum Gasteiger partial charge on any atom is -0.369 e. The van der Waals surface area contributed by atoms with Crippen LogP contribution in [0, 0.1) is 6.92 Å². The Morgan fingerprint density at radius 3 is 2.59 bits per heavy atom. The molecule has 8 heteroatoms. The molecule has 0 aromatic carbocycles. The van der Waals surface area contributed by atoms with E-state index in [4.69, 9.17) is 0 Å². The van der Waals surface area contributed by atoms with Crippen molar-refractivity contribution in [2.45, 2.75) is 6.92 Å². The van der Waals surface area contributed by atoms with Gasteiger partial charge in [-0.2, -0.15) is 4.98 Å². The van der Waals surface area contributed by atoms with Gasteiger partial charge in [0.15, 0.2) is 0 Å². The summed E-state index contributed by atoms with van der Waals surface area (Å²) < 4.78 is 24.6. The van der Waals surface area contributed by atoms with E-state index in [1.54, 1.807) is 13.1 Å². The van der Waals surface area contributed by atoms with Crippen molar-refractivity contribution in [3.05, 3.63) is 11.8 Å². The predicted octanol–water partition coefficient (Wildman–Crippen LogP) is -0.212. The number of anilines is 2. The quantitative estimate of drug-likeness (QED) is 0.654. The van der Waals surface area contributed by atoms with E-state index in [9.17, 15) is 8.42 Å². The van der Waals surface area contributed by atoms with Crippen LogP contribution in [0.3, 0.4) is 0 Å². The van der Waals surface area contributed by atoms with Crippen LogP contribution < -0.4 is 15.4 Å². The van der Waals surface area contributed by atoms with Crippen molar-refractivity contribution >= 4 is 21.8 Å². The van der Waals surface area contributed by atoms with Gasteiger partial charge in [-0.15, -0.1) is 0 Å². The first-order valence-corrected chi connectivity index (χ1v) is 6.80. The summed E-state index contributed by atoms with van der Waals surface area (Å²) in [6.07, 6.45) is 0. The SMILES string of the molecule is CNc1nc(C)cc(NCCS(=O)(=O)NC)n1. The Hall–Kier alpha value is -1.41. The molecule has 1 rings (SSSR count). The lowest BCUT2D eigenvalue weighted by Gasteiger charge is -2.08. The van der Waals surface area contributed by atoms with Gasteiger partial charge in [-0.1, -0.05) is 0 Å². The van der Waals surface area contributed by atoms with E-state index in [0.717, 1.165) is 5.69 Å². The van der Waals surface area contributed by atoms with E-state index in [-0.39, 0.29) is 5.75 Å². The molecule has 7 nitrogen and oxygen atoms in total. The minimum atomic E-state index is -3.19. The maximum atomic E-state index is 11.2. The van der Waals surface area contributed by atoms with Crippen LogP contribution in [0.25, 0.3) is 0 Å². The van der Waals surface area contributed by atoms with Crippen LogP contribution >= 0.6 is 0 Å². The van der Waals surface area contributed by atoms with Gasteiger partial charge >= 0.3 is 0 Å². The lowest BCUT2D eigenvalue weighted by atomic mass is 10.4. The van der Waals surface area contributed by atoms with Gasteiger partial charge in [0.05, 0.1) is 5.75 Å². The first kappa shape index (κ1) is 13.7. The number of aryl methyl sites for hydroxylation is 1. The van der Waals surface area contributed by atoms with E-state index < -0.39 is 10.0 Å². The van der Waals surface area contributed by atoms with Crippen molar-refractivity contribution in [1.82, 2.24) is 14.7 Å². The van der Waals surface area contributed by atoms with E-state index in [0.29, 0.717) is 18.3 Å². The van der Waals surface area contributed by atoms with Crippen LogP contribution in [0.5, 0.6) is 0 Å². The normalized spacial score (nSPS) is 11.2. The van der Waals surface area contributed by atoms with E-state index in [1.165, 1.54) is 7.05 Å². The number of nitrogens with one attached hydrogen (secondary N) is 3. The molecule has 1 heterocycles. The third kappa shape index (κ3) is 4.53. The fourth-order valence-corrected chi connectivity index (χ4v) is 1.76. The molecule has 0 saturated heterocycles. The molecular weight excluding hydrogens is 242 g/mol. The van der Waals surface area contributed by atoms with Crippen LogP contribution in [-0.2, 0) is 10.0 Å². The van der Waals surface area contributed by atoms with Crippen molar-refractivity contribution in [3.63, 3.8) is 0 Å². The van der Waals surface area contributed by atoms with Gasteiger partial charge in [0, 0.05) is 25.4 Å². The second-order valence-corrected chi connectivity index (χ2v) is 5.46. The number of nitrogens with zero attached hydrogens (tertiary/aromatic N) is 2. The molecule has 3 N–H and O–H groups in total. The maximum absolute atomic E-state index is 11.2. The van der Waals surface area contributed by atoms with Crippen molar-refractivity contribution in [2.75, 3.05) is 37.0 Å². The summed E-state index contributed by atoms with van der Waals surface area (Å²) in [7, 11) is -0.0686. The third-order valence-corrected chi connectivity index (χ3v) is 3.43. The van der Waals surface area contributed by atoms with Gasteiger partial charge in [0.25, 0.3) is 0 Å². The molecule has 1 aromatic rings. The summed E-state index contributed by atoms with van der Waals surface area (Å²) in [5, 5.41) is 5.77. The number of hydrogen-bond donors (Lipinski definition) is 3. The zero-order chi connectivity index (χ0) is 12.9. The Kier molecular flexibility index (Phi) is 4.64. The highest BCUT2D eigenvalue weighted by Crippen LogP contribution is 2.08. The zero-order valence-electron chi connectivity index (χ0n) is 10.1. The van der Waals surface area contributed by atoms with Crippen LogP contribution in [-0.4, -0.2) is 44.8 Å². The van der Waals surface area contributed by atoms with Crippen LogP contribution in [0.15, 0.2) is 6.07 Å². The summed E-state index contributed by atoms with van der Waals surface area (Å²) in [6.45, 7) is 2.14. The molecule has 0 spiro atoms. The zero-order valence-corrected chi connectivity index (χ0v) is 10.9. The van der Waals surface area contributed by atoms with Crippen molar-refractivity contribution in [2.24, 2.45) is 0 Å². The molecule has 0 bridgehead atoms. The summed E-state index contributed by atoms with van der Waals surface area (Å²) in [5.41, 5.74) is 0.809. The topological polar surface area (TPSA) is 96.0 Å². The lowest BCUT2D eigenvalue weighted by Crippen LogP contribution is -2.26. The van der Waals surface area contributed by atoms with Crippen molar-refractivity contribution in [3.8, 4) is 0 Å². The molecule has 0 aliphatic carbocycles. The molecule has 0 unspecified atom stereocenters. The Labute approximate surface area is 101 Å². The smallest absolute Gasteiger partial charge is 0.224 e. The van der Waals surface area contributed by atoms with Gasteiger partial charge in [-0.25, -0.2) is 18.1 Å². The summed E-state index contributed by atoms with van der Waals surface area (Å²) in [4.78, 5) is 8.28. The van der Waals surface area contributed by atoms with Gasteiger partial charge in [-0.05, 0) is 14.0 Å². The molecular formula is C9H17N5O2S. The number of aromatic nitrogens is 2. The second-order valence-electron chi connectivity index (χ2n) is 3.42. The summed E-state index contributed by atoms with van der Waals surface area (Å²) in [6, 6.07) is 1.76. The van der Waals surface area contributed by atoms with Crippen LogP contribution in [0.4, 0.5) is 11.8 Å². The predicted molar refractivity (Wildman–Crippen MR) is 67.7 cm³/mol. The Balaban J connectivity index is 2.61. The van der Waals surface area contributed by atoms with Gasteiger partial charge < -0.3 is 10.6 Å². The molecule has 0 aliphatic heterocycles. The van der Waals surface area contributed by atoms with Gasteiger partial charge in [0.1, 0.15) is 5.82 Å². The lowest BCUT2D eigenvalue weighted by molar-refractivity contribution is 0.588. The largest absolute Gasteiger partial charge is 0.369 e. The molecule has 96 valence electrons. The van der Waals surface area contributed by atoms with Crippen LogP contribution in [0.1, 0.15) is 5.69 Å². The average Bonchev–Trinajstić information content (AvgIpc) is 2.28. The van der Waals surface area contributed by atoms with E-state index in [1.807, 2.05) is 6.92 Å². The third-order valence-electron chi connectivity index (χ3n) is 2.07. The highest BCUT2D eigenvalue weighted by atomic mass is 32.2. The van der Waals surface area contributed by atoms with Crippen molar-refractivity contribution in [1.29, 1.82) is 0 Å². The summed E-state index contributed by atoms with van der Waals surface area (Å²) in [5.74, 6) is 1.11. The van der Waals surface area contributed by atoms with E-state index in [2.05, 4.69) is 25.3 Å². The number of hydrogen-bond acceptors (Lipinski definition) is 6. The second kappa shape index (κ2) is 5.78. The molecule has 0 atom stereocenters. The fourth-order valence-electron chi connectivity index (χ4n) is 1.19. The maximum Gasteiger partial charge on any atom is 0.224 e. The monoisotopic (exact) mass is 259 g/mol. The van der Waals surface area contributed by atoms with E-state index >= 15 is 0 Å². The summed E-state index contributed by atoms with van der Waals surface area (Å²) >= 11 is 0. The molecule has 17 heavy (non-hydrogen) atoms. The first-order valence-electron chi connectivity index (χ1n) is 5.15. The molecule has 0 saturated carbocycles. The molecule has 0 radical (unpaired) electrons. The Morgan fingerprint density at radius 2 is 2.00 bits per heavy atom. The molecule has 0 fully saturated rings. The highest BCUT2D eigenvalue weighted by Gasteiger charge is 2.06. The van der Waals surface area contributed by atoms with Gasteiger partial charge in [0.2, 0.25) is 16.0 Å². The first-order chi connectivity index (χ1) is 7.96. The van der Waals surface area contributed by atoms with Crippen molar-refractivity contribution < 1.29 is 8.42 Å². The highest BCUT2D eigenvalue weighted by molar-refractivity contribution is 7.89. The number of rotatable bonds is 6. The fraction of sp³-hybridized carbons (Fsp3) is 0.556. The van der Waals surface area contributed by atoms with Gasteiger partial charge in [-0.3, -0.25) is 0 Å². The average molecular weight is 259 g/mol. The molecule has 0 aliphatic rings. The Bertz CT molecular complexity index is 474. The molecule has 0 amide bonds. The minimum absolute atomic E-state index is 0.00143. The molecule has 1 aromatic heterocycles.